The molecule has 2 aliphatic carbocycles. The van der Waals surface area contributed by atoms with Gasteiger partial charge in [0.05, 0.1) is 0 Å². The zero-order valence-corrected chi connectivity index (χ0v) is 35.0. The molecular formula is C43H68N6O6. The number of benzene rings is 2. The average Bonchev–Trinajstić information content (AvgIpc) is 3.07. The van der Waals surface area contributed by atoms with Crippen molar-refractivity contribution in [2.75, 3.05) is 53.4 Å². The van der Waals surface area contributed by atoms with Crippen LogP contribution in [-0.4, -0.2) is 121 Å². The predicted octanol–water partition coefficient (Wildman–Crippen LogP) is 5.18. The Balaban J connectivity index is 0.000000211. The van der Waals surface area contributed by atoms with E-state index in [9.17, 15) is 19.8 Å². The van der Waals surface area contributed by atoms with Gasteiger partial charge in [0.2, 0.25) is 0 Å². The van der Waals surface area contributed by atoms with Crippen molar-refractivity contribution in [3.63, 3.8) is 0 Å². The zero-order valence-electron chi connectivity index (χ0n) is 35.0. The molecule has 4 aliphatic rings. The molecule has 4 bridgehead atoms. The monoisotopic (exact) mass is 765 g/mol. The molecule has 55 heavy (non-hydrogen) atoms. The van der Waals surface area contributed by atoms with Crippen LogP contribution in [0.15, 0.2) is 36.4 Å². The molecule has 0 unspecified atom stereocenters. The summed E-state index contributed by atoms with van der Waals surface area (Å²) in [6.45, 7) is 20.5. The molecule has 2 amide bonds. The lowest BCUT2D eigenvalue weighted by molar-refractivity contribution is 0.0507. The second-order valence-corrected chi connectivity index (χ2v) is 18.6. The number of phenols is 2. The van der Waals surface area contributed by atoms with Crippen LogP contribution in [0.5, 0.6) is 11.5 Å². The Kier molecular flexibility index (Phi) is 13.1. The first kappa shape index (κ1) is 42.6. The molecule has 2 aromatic carbocycles. The van der Waals surface area contributed by atoms with E-state index in [0.717, 1.165) is 51.7 Å². The third-order valence-electron chi connectivity index (χ3n) is 12.1. The zero-order chi connectivity index (χ0) is 40.3. The maximum absolute atomic E-state index is 11.8. The van der Waals surface area contributed by atoms with Crippen molar-refractivity contribution < 1.29 is 29.3 Å². The molecule has 2 aliphatic heterocycles. The molecule has 0 saturated carbocycles. The van der Waals surface area contributed by atoms with E-state index in [0.29, 0.717) is 49.3 Å². The summed E-state index contributed by atoms with van der Waals surface area (Å²) in [7, 11) is 4.39. The van der Waals surface area contributed by atoms with Gasteiger partial charge in [-0.05, 0) is 154 Å². The summed E-state index contributed by atoms with van der Waals surface area (Å²) in [5, 5.41) is 33.1. The van der Waals surface area contributed by atoms with Crippen molar-refractivity contribution in [2.45, 2.75) is 134 Å². The topological polar surface area (TPSA) is 148 Å². The number of nitrogens with zero attached hydrogens (tertiary/aromatic N) is 2. The summed E-state index contributed by atoms with van der Waals surface area (Å²) in [4.78, 5) is 28.5. The van der Waals surface area contributed by atoms with Gasteiger partial charge in [-0.15, -0.1) is 0 Å². The number of phenolic OH excluding ortho intramolecular Hbond substituents is 2. The maximum Gasteiger partial charge on any atom is 0.407 e. The molecule has 2 aromatic rings. The molecule has 6 rings (SSSR count). The first-order valence-corrected chi connectivity index (χ1v) is 20.2. The molecule has 306 valence electrons. The van der Waals surface area contributed by atoms with Crippen molar-refractivity contribution in [1.82, 2.24) is 31.1 Å². The van der Waals surface area contributed by atoms with Crippen LogP contribution in [0.4, 0.5) is 9.59 Å². The summed E-state index contributed by atoms with van der Waals surface area (Å²) >= 11 is 0. The van der Waals surface area contributed by atoms with E-state index in [2.05, 4.69) is 71.1 Å². The highest BCUT2D eigenvalue weighted by atomic mass is 16.6. The third kappa shape index (κ3) is 10.2. The van der Waals surface area contributed by atoms with Gasteiger partial charge in [0, 0.05) is 54.6 Å². The van der Waals surface area contributed by atoms with Crippen LogP contribution in [0.1, 0.15) is 96.9 Å². The Morgan fingerprint density at radius 1 is 0.691 bits per heavy atom. The lowest BCUT2D eigenvalue weighted by Gasteiger charge is -2.55. The van der Waals surface area contributed by atoms with E-state index in [1.165, 1.54) is 22.3 Å². The number of rotatable bonds is 9. The Labute approximate surface area is 329 Å². The van der Waals surface area contributed by atoms with E-state index >= 15 is 0 Å². The molecule has 6 N–H and O–H groups in total. The quantitative estimate of drug-likeness (QED) is 0.189. The van der Waals surface area contributed by atoms with Crippen molar-refractivity contribution in [2.24, 2.45) is 0 Å². The fourth-order valence-electron chi connectivity index (χ4n) is 9.25. The third-order valence-corrected chi connectivity index (χ3v) is 12.1. The maximum atomic E-state index is 11.8. The van der Waals surface area contributed by atoms with Crippen molar-refractivity contribution >= 4 is 12.2 Å². The van der Waals surface area contributed by atoms with Gasteiger partial charge in [-0.25, -0.2) is 9.59 Å². The number of likely N-dealkylation sites (N-methyl/N-ethyl adjacent to an activating group) is 2. The van der Waals surface area contributed by atoms with E-state index in [-0.39, 0.29) is 29.1 Å². The average molecular weight is 765 g/mol. The lowest BCUT2D eigenvalue weighted by atomic mass is 9.61. The second kappa shape index (κ2) is 16.9. The van der Waals surface area contributed by atoms with Crippen molar-refractivity contribution in [3.8, 4) is 11.5 Å². The van der Waals surface area contributed by atoms with Crippen LogP contribution in [-0.2, 0) is 33.1 Å². The highest BCUT2D eigenvalue weighted by Gasteiger charge is 2.51. The van der Waals surface area contributed by atoms with Gasteiger partial charge in [0.15, 0.2) is 0 Å². The molecule has 0 aromatic heterocycles. The van der Waals surface area contributed by atoms with Crippen molar-refractivity contribution in [3.05, 3.63) is 58.7 Å². The molecule has 2 fully saturated rings. The number of hydrogen-bond acceptors (Lipinski definition) is 10. The molecule has 6 atom stereocenters. The minimum atomic E-state index is -0.486. The molecule has 12 nitrogen and oxygen atoms in total. The van der Waals surface area contributed by atoms with Crippen LogP contribution in [0.25, 0.3) is 0 Å². The number of piperidine rings is 2. The molecule has 0 spiro atoms. The highest BCUT2D eigenvalue weighted by molar-refractivity contribution is 5.68. The molecule has 2 saturated heterocycles. The molecule has 2 heterocycles. The van der Waals surface area contributed by atoms with Crippen molar-refractivity contribution in [1.29, 1.82) is 0 Å². The van der Waals surface area contributed by atoms with E-state index in [1.54, 1.807) is 12.1 Å². The van der Waals surface area contributed by atoms with Crippen LogP contribution in [0, 0.1) is 0 Å². The Hall–Kier alpha value is -3.58. The molecule has 12 heteroatoms. The summed E-state index contributed by atoms with van der Waals surface area (Å²) in [6, 6.07) is 13.1. The van der Waals surface area contributed by atoms with E-state index in [4.69, 9.17) is 9.47 Å². The van der Waals surface area contributed by atoms with Gasteiger partial charge in [0.25, 0.3) is 0 Å². The number of fused-ring (bicyclic) bond motifs is 8. The molecular weight excluding hydrogens is 697 g/mol. The number of carbonyl (C=O) groups excluding carboxylic acids is 2. The fraction of sp³-hybridized carbons (Fsp3) is 0.674. The van der Waals surface area contributed by atoms with Gasteiger partial charge >= 0.3 is 12.2 Å². The minimum Gasteiger partial charge on any atom is -0.508 e. The van der Waals surface area contributed by atoms with E-state index in [1.807, 2.05) is 53.7 Å². The van der Waals surface area contributed by atoms with Crippen LogP contribution < -0.4 is 21.3 Å². The Morgan fingerprint density at radius 2 is 1.11 bits per heavy atom. The number of alkyl carbamates (subject to hydrolysis) is 2. The van der Waals surface area contributed by atoms with Crippen LogP contribution in [0.2, 0.25) is 0 Å². The number of aromatic hydroxyl groups is 2. The lowest BCUT2D eigenvalue weighted by Crippen LogP contribution is -2.66. The standard InChI is InChI=1S/C22H35N3O3.C21H33N3O3/c1-21(2,3)28-20(27)24-11-6-10-23-19-18-13-15-7-8-16(26)14-17(15)22(19,4)9-12-25(18)5;1-20(2,3)27-19(26)23-10-9-22-18-17-12-14-6-7-15(25)13-16(14)21(18,4)8-11-24(17)5/h7-8,14,18-19,23,26H,6,9-13H2,1-5H3,(H,24,27);6-7,13,17-18,22,25H,8-12H2,1-5H3,(H,23,26)/t18-,19-,22+;17-,18-,21+/m11/s1. The largest absolute Gasteiger partial charge is 0.508 e. The number of hydrogen-bond donors (Lipinski definition) is 6. The number of likely N-dealkylation sites (tertiary alicyclic amines) is 2. The highest BCUT2D eigenvalue weighted by Crippen LogP contribution is 2.47. The Bertz CT molecular complexity index is 1660. The van der Waals surface area contributed by atoms with Gasteiger partial charge in [-0.2, -0.15) is 0 Å². The van der Waals surface area contributed by atoms with Crippen LogP contribution in [0.3, 0.4) is 0 Å². The van der Waals surface area contributed by atoms with Gasteiger partial charge in [-0.3, -0.25) is 0 Å². The predicted molar refractivity (Wildman–Crippen MR) is 217 cm³/mol. The van der Waals surface area contributed by atoms with Gasteiger partial charge < -0.3 is 50.8 Å². The first-order valence-electron chi connectivity index (χ1n) is 20.2. The normalized spacial score (nSPS) is 27.5. The summed E-state index contributed by atoms with van der Waals surface area (Å²) in [6.07, 6.45) is 4.16. The van der Waals surface area contributed by atoms with E-state index < -0.39 is 11.2 Å². The van der Waals surface area contributed by atoms with Crippen LogP contribution >= 0.6 is 0 Å². The number of ether oxygens (including phenoxy) is 2. The number of amides is 2. The number of nitrogens with one attached hydrogen (secondary N) is 4. The summed E-state index contributed by atoms with van der Waals surface area (Å²) in [5.41, 5.74) is 4.22. The van der Waals surface area contributed by atoms with Gasteiger partial charge in [-0.1, -0.05) is 26.0 Å². The SMILES string of the molecule is CN1CC[C@@]2(C)c3cc(O)ccc3C[C@@H]1[C@H]2NCCCNC(=O)OC(C)(C)C.CN1CC[C@@]2(C)c3cc(O)ccc3C[C@@H]1[C@H]2NCCNC(=O)OC(C)(C)C. The first-order chi connectivity index (χ1) is 25.7. The minimum absolute atomic E-state index is 0.00208. The number of carbonyl (C=O) groups is 2. The Morgan fingerprint density at radius 3 is 1.55 bits per heavy atom. The summed E-state index contributed by atoms with van der Waals surface area (Å²) < 4.78 is 10.6. The summed E-state index contributed by atoms with van der Waals surface area (Å²) in [5.74, 6) is 0.676. The smallest absolute Gasteiger partial charge is 0.407 e. The molecule has 0 radical (unpaired) electrons. The van der Waals surface area contributed by atoms with Gasteiger partial charge in [0.1, 0.15) is 22.7 Å². The fourth-order valence-corrected chi connectivity index (χ4v) is 9.25. The second-order valence-electron chi connectivity index (χ2n) is 18.6.